The van der Waals surface area contributed by atoms with Gasteiger partial charge < -0.3 is 0 Å². The van der Waals surface area contributed by atoms with Crippen molar-refractivity contribution in [3.8, 4) is 0 Å². The van der Waals surface area contributed by atoms with Crippen LogP contribution in [-0.4, -0.2) is 14.6 Å². The largest absolute Gasteiger partial charge is 0.233 e. The minimum absolute atomic E-state index is 0.549. The van der Waals surface area contributed by atoms with Gasteiger partial charge in [0.05, 0.1) is 5.69 Å². The van der Waals surface area contributed by atoms with Crippen molar-refractivity contribution in [2.45, 2.75) is 58.3 Å². The molecule has 0 spiro atoms. The van der Waals surface area contributed by atoms with Crippen molar-refractivity contribution in [2.24, 2.45) is 0 Å². The van der Waals surface area contributed by atoms with Gasteiger partial charge in [-0.15, -0.1) is 0 Å². The Hall–Kier alpha value is -1.38. The summed E-state index contributed by atoms with van der Waals surface area (Å²) in [6.45, 7) is 6.56. The number of hydrogen-bond donors (Lipinski definition) is 0. The van der Waals surface area contributed by atoms with E-state index in [0.717, 1.165) is 11.3 Å². The Bertz CT molecular complexity index is 566. The molecule has 18 heavy (non-hydrogen) atoms. The van der Waals surface area contributed by atoms with E-state index in [1.165, 1.54) is 37.1 Å². The van der Waals surface area contributed by atoms with Crippen molar-refractivity contribution in [2.75, 3.05) is 0 Å². The first-order chi connectivity index (χ1) is 8.69. The van der Waals surface area contributed by atoms with Gasteiger partial charge in [0.25, 0.3) is 0 Å². The van der Waals surface area contributed by atoms with E-state index in [2.05, 4.69) is 35.6 Å². The molecule has 3 rings (SSSR count). The van der Waals surface area contributed by atoms with Crippen LogP contribution in [-0.2, 0) is 0 Å². The van der Waals surface area contributed by atoms with E-state index < -0.39 is 0 Å². The summed E-state index contributed by atoms with van der Waals surface area (Å²) < 4.78 is 2.05. The molecule has 2 aromatic rings. The first-order valence-corrected chi connectivity index (χ1v) is 7.06. The van der Waals surface area contributed by atoms with Crippen LogP contribution in [0.4, 0.5) is 0 Å². The van der Waals surface area contributed by atoms with Gasteiger partial charge in [-0.25, -0.2) is 9.50 Å². The highest BCUT2D eigenvalue weighted by Crippen LogP contribution is 2.40. The fourth-order valence-electron chi connectivity index (χ4n) is 2.64. The highest BCUT2D eigenvalue weighted by Gasteiger charge is 2.28. The monoisotopic (exact) mass is 243 g/mol. The third-order valence-corrected chi connectivity index (χ3v) is 3.82. The average molecular weight is 243 g/mol. The molecule has 0 aliphatic heterocycles. The zero-order chi connectivity index (χ0) is 12.7. The molecule has 2 aromatic heterocycles. The molecule has 96 valence electrons. The highest BCUT2D eigenvalue weighted by atomic mass is 15.3. The molecule has 3 nitrogen and oxygen atoms in total. The van der Waals surface area contributed by atoms with Crippen LogP contribution in [0.3, 0.4) is 0 Å². The molecule has 2 heterocycles. The zero-order valence-electron chi connectivity index (χ0n) is 11.5. The summed E-state index contributed by atoms with van der Waals surface area (Å²) in [6.07, 6.45) is 5.03. The van der Waals surface area contributed by atoms with Crippen LogP contribution in [0, 0.1) is 6.92 Å². The summed E-state index contributed by atoms with van der Waals surface area (Å²) >= 11 is 0. The summed E-state index contributed by atoms with van der Waals surface area (Å²) in [7, 11) is 0. The standard InChI is InChI=1S/C15H21N3/c1-4-5-10(2)13-9-14(12-6-7-12)18-15(16-13)8-11(3)17-18/h8-10,12H,4-7H2,1-3H3. The molecular weight excluding hydrogens is 222 g/mol. The lowest BCUT2D eigenvalue weighted by molar-refractivity contribution is 0.642. The van der Waals surface area contributed by atoms with Gasteiger partial charge in [0, 0.05) is 23.4 Å². The highest BCUT2D eigenvalue weighted by molar-refractivity contribution is 5.43. The van der Waals surface area contributed by atoms with Gasteiger partial charge >= 0.3 is 0 Å². The van der Waals surface area contributed by atoms with Crippen LogP contribution in [0.1, 0.15) is 68.4 Å². The van der Waals surface area contributed by atoms with E-state index in [4.69, 9.17) is 4.98 Å². The van der Waals surface area contributed by atoms with E-state index in [0.29, 0.717) is 11.8 Å². The molecular formula is C15H21N3. The lowest BCUT2D eigenvalue weighted by Crippen LogP contribution is -2.05. The first kappa shape index (κ1) is 11.7. The van der Waals surface area contributed by atoms with Crippen LogP contribution >= 0.6 is 0 Å². The second-order valence-corrected chi connectivity index (χ2v) is 5.63. The number of aromatic nitrogens is 3. The second-order valence-electron chi connectivity index (χ2n) is 5.63. The maximum atomic E-state index is 4.79. The van der Waals surface area contributed by atoms with Crippen molar-refractivity contribution in [3.05, 3.63) is 29.2 Å². The molecule has 1 unspecified atom stereocenters. The van der Waals surface area contributed by atoms with Crippen LogP contribution < -0.4 is 0 Å². The van der Waals surface area contributed by atoms with Crippen LogP contribution in [0.15, 0.2) is 12.1 Å². The van der Waals surface area contributed by atoms with Crippen LogP contribution in [0.2, 0.25) is 0 Å². The summed E-state index contributed by atoms with van der Waals surface area (Å²) in [6, 6.07) is 4.38. The maximum Gasteiger partial charge on any atom is 0.155 e. The maximum absolute atomic E-state index is 4.79. The van der Waals surface area contributed by atoms with E-state index in [9.17, 15) is 0 Å². The fourth-order valence-corrected chi connectivity index (χ4v) is 2.64. The lowest BCUT2D eigenvalue weighted by Gasteiger charge is -2.12. The Morgan fingerprint density at radius 1 is 1.39 bits per heavy atom. The Labute approximate surface area is 108 Å². The molecule has 1 atom stereocenters. The smallest absolute Gasteiger partial charge is 0.155 e. The van der Waals surface area contributed by atoms with Gasteiger partial charge in [-0.05, 0) is 38.2 Å². The third-order valence-electron chi connectivity index (χ3n) is 3.82. The topological polar surface area (TPSA) is 30.2 Å². The van der Waals surface area contributed by atoms with Gasteiger partial charge in [-0.2, -0.15) is 5.10 Å². The Balaban J connectivity index is 2.10. The van der Waals surface area contributed by atoms with E-state index in [1.54, 1.807) is 0 Å². The van der Waals surface area contributed by atoms with Gasteiger partial charge in [0.15, 0.2) is 5.65 Å². The second kappa shape index (κ2) is 4.38. The van der Waals surface area contributed by atoms with Crippen LogP contribution in [0.25, 0.3) is 5.65 Å². The van der Waals surface area contributed by atoms with Gasteiger partial charge in [0.1, 0.15) is 0 Å². The number of fused-ring (bicyclic) bond motifs is 1. The summed E-state index contributed by atoms with van der Waals surface area (Å²) in [5.74, 6) is 1.26. The SMILES string of the molecule is CCCC(C)c1cc(C2CC2)n2nc(C)cc2n1. The molecule has 1 fully saturated rings. The molecule has 0 saturated heterocycles. The van der Waals surface area contributed by atoms with Crippen molar-refractivity contribution in [1.29, 1.82) is 0 Å². The molecule has 1 saturated carbocycles. The number of aryl methyl sites for hydroxylation is 1. The average Bonchev–Trinajstić information content (AvgIpc) is 3.09. The quantitative estimate of drug-likeness (QED) is 0.817. The lowest BCUT2D eigenvalue weighted by atomic mass is 10.0. The van der Waals surface area contributed by atoms with E-state index in [-0.39, 0.29) is 0 Å². The van der Waals surface area contributed by atoms with Crippen LogP contribution in [0.5, 0.6) is 0 Å². The first-order valence-electron chi connectivity index (χ1n) is 7.06. The van der Waals surface area contributed by atoms with Crippen molar-refractivity contribution >= 4 is 5.65 Å². The molecule has 0 bridgehead atoms. The normalized spacial score (nSPS) is 17.3. The predicted molar refractivity (Wildman–Crippen MR) is 73.0 cm³/mol. The minimum atomic E-state index is 0.549. The summed E-state index contributed by atoms with van der Waals surface area (Å²) in [5, 5.41) is 4.57. The van der Waals surface area contributed by atoms with Crippen molar-refractivity contribution in [3.63, 3.8) is 0 Å². The van der Waals surface area contributed by atoms with Crippen molar-refractivity contribution in [1.82, 2.24) is 14.6 Å². The third kappa shape index (κ3) is 2.02. The Morgan fingerprint density at radius 2 is 2.17 bits per heavy atom. The molecule has 1 aliphatic carbocycles. The summed E-state index contributed by atoms with van der Waals surface area (Å²) in [5.41, 5.74) is 4.69. The number of rotatable bonds is 4. The Kier molecular flexibility index (Phi) is 2.84. The Morgan fingerprint density at radius 3 is 2.83 bits per heavy atom. The molecule has 0 N–H and O–H groups in total. The molecule has 0 aromatic carbocycles. The van der Waals surface area contributed by atoms with Gasteiger partial charge in [-0.3, -0.25) is 0 Å². The van der Waals surface area contributed by atoms with E-state index in [1.807, 2.05) is 6.92 Å². The minimum Gasteiger partial charge on any atom is -0.233 e. The molecule has 0 radical (unpaired) electrons. The number of nitrogens with zero attached hydrogens (tertiary/aromatic N) is 3. The molecule has 3 heteroatoms. The predicted octanol–water partition coefficient (Wildman–Crippen LogP) is 3.82. The van der Waals surface area contributed by atoms with E-state index >= 15 is 0 Å². The zero-order valence-corrected chi connectivity index (χ0v) is 11.5. The van der Waals surface area contributed by atoms with Gasteiger partial charge in [-0.1, -0.05) is 20.3 Å². The number of hydrogen-bond acceptors (Lipinski definition) is 2. The summed E-state index contributed by atoms with van der Waals surface area (Å²) in [4.78, 5) is 4.79. The molecule has 0 amide bonds. The van der Waals surface area contributed by atoms with Gasteiger partial charge in [0.2, 0.25) is 0 Å². The van der Waals surface area contributed by atoms with Crippen molar-refractivity contribution < 1.29 is 0 Å². The molecule has 1 aliphatic rings. The fraction of sp³-hybridized carbons (Fsp3) is 0.600.